The Hall–Kier alpha value is -1.22. The number of aliphatic hydroxyl groups is 1. The minimum atomic E-state index is -0.558. The molecule has 1 atom stereocenters. The first-order valence-electron chi connectivity index (χ1n) is 5.31. The summed E-state index contributed by atoms with van der Waals surface area (Å²) in [6, 6.07) is 5.92. The Kier molecular flexibility index (Phi) is 2.35. The molecule has 3 heteroatoms. The SMILES string of the molecule is Cc1ccc(N)cc1N1CCC(C)(O)C1. The fourth-order valence-electron chi connectivity index (χ4n) is 2.12. The van der Waals surface area contributed by atoms with E-state index in [2.05, 4.69) is 11.8 Å². The number of anilines is 2. The van der Waals surface area contributed by atoms with Gasteiger partial charge in [0.1, 0.15) is 0 Å². The number of aryl methyl sites for hydroxylation is 1. The summed E-state index contributed by atoms with van der Waals surface area (Å²) in [6.45, 7) is 5.55. The summed E-state index contributed by atoms with van der Waals surface area (Å²) in [4.78, 5) is 2.20. The topological polar surface area (TPSA) is 49.5 Å². The van der Waals surface area contributed by atoms with Gasteiger partial charge in [-0.1, -0.05) is 6.07 Å². The fraction of sp³-hybridized carbons (Fsp3) is 0.500. The molecule has 0 bridgehead atoms. The van der Waals surface area contributed by atoms with Crippen LogP contribution in [0, 0.1) is 6.92 Å². The Bertz CT molecular complexity index is 374. The van der Waals surface area contributed by atoms with Crippen molar-refractivity contribution in [2.24, 2.45) is 0 Å². The predicted molar refractivity (Wildman–Crippen MR) is 63.0 cm³/mol. The Balaban J connectivity index is 2.27. The maximum Gasteiger partial charge on any atom is 0.0810 e. The summed E-state index contributed by atoms with van der Waals surface area (Å²) < 4.78 is 0. The van der Waals surface area contributed by atoms with Crippen molar-refractivity contribution in [1.82, 2.24) is 0 Å². The number of nitrogen functional groups attached to an aromatic ring is 1. The highest BCUT2D eigenvalue weighted by Gasteiger charge is 2.31. The molecule has 1 aliphatic rings. The molecule has 2 rings (SSSR count). The van der Waals surface area contributed by atoms with Crippen LogP contribution in [-0.4, -0.2) is 23.8 Å². The number of hydrogen-bond donors (Lipinski definition) is 2. The van der Waals surface area contributed by atoms with Crippen LogP contribution >= 0.6 is 0 Å². The molecule has 0 saturated carbocycles. The highest BCUT2D eigenvalue weighted by atomic mass is 16.3. The van der Waals surface area contributed by atoms with E-state index in [1.807, 2.05) is 25.1 Å². The van der Waals surface area contributed by atoms with Crippen LogP contribution in [0.4, 0.5) is 11.4 Å². The molecule has 1 aromatic carbocycles. The van der Waals surface area contributed by atoms with Gasteiger partial charge in [0.15, 0.2) is 0 Å². The van der Waals surface area contributed by atoms with Gasteiger partial charge >= 0.3 is 0 Å². The van der Waals surface area contributed by atoms with Crippen LogP contribution in [0.15, 0.2) is 18.2 Å². The first kappa shape index (κ1) is 10.3. The second-order valence-corrected chi connectivity index (χ2v) is 4.71. The van der Waals surface area contributed by atoms with Crippen molar-refractivity contribution in [1.29, 1.82) is 0 Å². The molecule has 3 N–H and O–H groups in total. The zero-order valence-electron chi connectivity index (χ0n) is 9.33. The predicted octanol–water partition coefficient (Wildman–Crippen LogP) is 1.54. The molecule has 0 aliphatic carbocycles. The first-order chi connectivity index (χ1) is 6.98. The van der Waals surface area contributed by atoms with Gasteiger partial charge in [0, 0.05) is 24.5 Å². The number of rotatable bonds is 1. The van der Waals surface area contributed by atoms with Gasteiger partial charge in [-0.25, -0.2) is 0 Å². The molecule has 0 amide bonds. The van der Waals surface area contributed by atoms with Crippen LogP contribution in [0.1, 0.15) is 18.9 Å². The largest absolute Gasteiger partial charge is 0.399 e. The fourth-order valence-corrected chi connectivity index (χ4v) is 2.12. The van der Waals surface area contributed by atoms with E-state index in [-0.39, 0.29) is 0 Å². The van der Waals surface area contributed by atoms with Crippen molar-refractivity contribution in [3.63, 3.8) is 0 Å². The minimum absolute atomic E-state index is 0.558. The van der Waals surface area contributed by atoms with Gasteiger partial charge in [0.05, 0.1) is 5.60 Å². The van der Waals surface area contributed by atoms with Crippen LogP contribution in [0.5, 0.6) is 0 Å². The molecular weight excluding hydrogens is 188 g/mol. The van der Waals surface area contributed by atoms with E-state index in [1.54, 1.807) is 0 Å². The molecule has 1 fully saturated rings. The maximum atomic E-state index is 9.91. The van der Waals surface area contributed by atoms with Crippen molar-refractivity contribution in [2.75, 3.05) is 23.7 Å². The molecule has 15 heavy (non-hydrogen) atoms. The zero-order chi connectivity index (χ0) is 11.1. The monoisotopic (exact) mass is 206 g/mol. The number of nitrogens with two attached hydrogens (primary N) is 1. The highest BCUT2D eigenvalue weighted by molar-refractivity contribution is 5.61. The average molecular weight is 206 g/mol. The summed E-state index contributed by atoms with van der Waals surface area (Å²) in [7, 11) is 0. The molecule has 3 nitrogen and oxygen atoms in total. The quantitative estimate of drug-likeness (QED) is 0.685. The summed E-state index contributed by atoms with van der Waals surface area (Å²) in [6.07, 6.45) is 0.821. The summed E-state index contributed by atoms with van der Waals surface area (Å²) >= 11 is 0. The smallest absolute Gasteiger partial charge is 0.0810 e. The van der Waals surface area contributed by atoms with Crippen LogP contribution < -0.4 is 10.6 Å². The normalized spacial score (nSPS) is 25.9. The first-order valence-corrected chi connectivity index (χ1v) is 5.31. The van der Waals surface area contributed by atoms with Gasteiger partial charge in [-0.3, -0.25) is 0 Å². The Labute approximate surface area is 90.5 Å². The highest BCUT2D eigenvalue weighted by Crippen LogP contribution is 2.30. The summed E-state index contributed by atoms with van der Waals surface area (Å²) in [5, 5.41) is 9.91. The van der Waals surface area contributed by atoms with E-state index >= 15 is 0 Å². The van der Waals surface area contributed by atoms with Crippen molar-refractivity contribution < 1.29 is 5.11 Å². The van der Waals surface area contributed by atoms with Crippen molar-refractivity contribution in [2.45, 2.75) is 25.9 Å². The minimum Gasteiger partial charge on any atom is -0.399 e. The Morgan fingerprint density at radius 3 is 2.80 bits per heavy atom. The summed E-state index contributed by atoms with van der Waals surface area (Å²) in [5.41, 5.74) is 8.35. The van der Waals surface area contributed by atoms with E-state index in [1.165, 1.54) is 5.56 Å². The van der Waals surface area contributed by atoms with Crippen molar-refractivity contribution in [3.05, 3.63) is 23.8 Å². The van der Waals surface area contributed by atoms with Gasteiger partial charge in [-0.05, 0) is 38.0 Å². The van der Waals surface area contributed by atoms with Crippen LogP contribution in [0.3, 0.4) is 0 Å². The molecule has 1 unspecified atom stereocenters. The lowest BCUT2D eigenvalue weighted by Gasteiger charge is -2.22. The van der Waals surface area contributed by atoms with E-state index in [0.29, 0.717) is 6.54 Å². The van der Waals surface area contributed by atoms with Gasteiger partial charge in [-0.15, -0.1) is 0 Å². The second-order valence-electron chi connectivity index (χ2n) is 4.71. The standard InChI is InChI=1S/C12H18N2O/c1-9-3-4-10(13)7-11(9)14-6-5-12(2,15)8-14/h3-4,7,15H,5-6,8,13H2,1-2H3. The average Bonchev–Trinajstić information content (AvgIpc) is 2.50. The van der Waals surface area contributed by atoms with Crippen molar-refractivity contribution in [3.8, 4) is 0 Å². The third-order valence-electron chi connectivity index (χ3n) is 3.03. The third kappa shape index (κ3) is 2.07. The number of benzene rings is 1. The maximum absolute atomic E-state index is 9.91. The van der Waals surface area contributed by atoms with Gasteiger partial charge in [-0.2, -0.15) is 0 Å². The van der Waals surface area contributed by atoms with E-state index < -0.39 is 5.60 Å². The lowest BCUT2D eigenvalue weighted by molar-refractivity contribution is 0.0839. The molecule has 0 aromatic heterocycles. The van der Waals surface area contributed by atoms with E-state index in [9.17, 15) is 5.11 Å². The number of β-amino-alcohol motifs (C(OH)–C–C–N with tert-alkyl or cyclic N) is 1. The van der Waals surface area contributed by atoms with Crippen LogP contribution in [0.2, 0.25) is 0 Å². The molecule has 1 aromatic rings. The van der Waals surface area contributed by atoms with Gasteiger partial charge < -0.3 is 15.7 Å². The van der Waals surface area contributed by atoms with E-state index in [0.717, 1.165) is 24.3 Å². The third-order valence-corrected chi connectivity index (χ3v) is 3.03. The molecule has 1 heterocycles. The zero-order valence-corrected chi connectivity index (χ0v) is 9.33. The molecule has 1 aliphatic heterocycles. The van der Waals surface area contributed by atoms with E-state index in [4.69, 9.17) is 5.73 Å². The molecule has 82 valence electrons. The molecule has 0 spiro atoms. The van der Waals surface area contributed by atoms with Crippen molar-refractivity contribution >= 4 is 11.4 Å². The van der Waals surface area contributed by atoms with Gasteiger partial charge in [0.2, 0.25) is 0 Å². The Morgan fingerprint density at radius 2 is 2.20 bits per heavy atom. The second kappa shape index (κ2) is 3.42. The number of nitrogens with zero attached hydrogens (tertiary/aromatic N) is 1. The molecule has 0 radical (unpaired) electrons. The van der Waals surface area contributed by atoms with Crippen LogP contribution in [0.25, 0.3) is 0 Å². The lowest BCUT2D eigenvalue weighted by atomic mass is 10.1. The molecule has 1 saturated heterocycles. The van der Waals surface area contributed by atoms with Gasteiger partial charge in [0.25, 0.3) is 0 Å². The summed E-state index contributed by atoms with van der Waals surface area (Å²) in [5.74, 6) is 0. The molecular formula is C12H18N2O. The Morgan fingerprint density at radius 1 is 1.47 bits per heavy atom. The lowest BCUT2D eigenvalue weighted by Crippen LogP contribution is -2.29. The van der Waals surface area contributed by atoms with Crippen LogP contribution in [-0.2, 0) is 0 Å². The number of hydrogen-bond acceptors (Lipinski definition) is 3.